The first-order valence-electron chi connectivity index (χ1n) is 12.2. The van der Waals surface area contributed by atoms with Crippen LogP contribution < -0.4 is 10.1 Å². The number of ether oxygens (including phenoxy) is 1. The number of alkyl halides is 6. The van der Waals surface area contributed by atoms with Crippen LogP contribution in [0.15, 0.2) is 77.0 Å². The van der Waals surface area contributed by atoms with Crippen LogP contribution in [0, 0.1) is 5.41 Å². The average molecular weight is 569 g/mol. The summed E-state index contributed by atoms with van der Waals surface area (Å²) < 4.78 is 86.3. The topological polar surface area (TPSA) is 49.8 Å². The van der Waals surface area contributed by atoms with Crippen LogP contribution in [-0.4, -0.2) is 36.1 Å². The van der Waals surface area contributed by atoms with Crippen molar-refractivity contribution in [2.24, 2.45) is 10.4 Å². The highest BCUT2D eigenvalue weighted by Gasteiger charge is 2.46. The summed E-state index contributed by atoms with van der Waals surface area (Å²) in [6.07, 6.45) is -3.00. The number of methoxy groups -OCH3 is 1. The van der Waals surface area contributed by atoms with E-state index in [4.69, 9.17) is 4.74 Å². The fourth-order valence-corrected chi connectivity index (χ4v) is 3.62. The van der Waals surface area contributed by atoms with E-state index in [0.717, 1.165) is 37.6 Å². The van der Waals surface area contributed by atoms with Crippen molar-refractivity contribution in [3.8, 4) is 5.75 Å². The highest BCUT2D eigenvalue weighted by molar-refractivity contribution is 5.95. The Morgan fingerprint density at radius 3 is 2.17 bits per heavy atom. The average Bonchev–Trinajstić information content (AvgIpc) is 2.84. The molecule has 0 spiro atoms. The maximum absolute atomic E-state index is 13.7. The minimum atomic E-state index is -4.61. The number of pyridine rings is 1. The molecule has 1 aromatic heterocycles. The van der Waals surface area contributed by atoms with E-state index in [0.29, 0.717) is 11.1 Å². The van der Waals surface area contributed by atoms with Crippen molar-refractivity contribution in [3.63, 3.8) is 0 Å². The maximum atomic E-state index is 13.7. The van der Waals surface area contributed by atoms with E-state index in [9.17, 15) is 26.3 Å². The second kappa shape index (κ2) is 12.6. The third kappa shape index (κ3) is 8.62. The van der Waals surface area contributed by atoms with E-state index in [1.54, 1.807) is 38.5 Å². The Bertz CT molecular complexity index is 1300. The highest BCUT2D eigenvalue weighted by Crippen LogP contribution is 2.40. The molecule has 2 aromatic rings. The van der Waals surface area contributed by atoms with Crippen molar-refractivity contribution >= 4 is 17.1 Å². The predicted octanol–water partition coefficient (Wildman–Crippen LogP) is 8.70. The number of hydrogen-bond acceptors (Lipinski definition) is 4. The molecule has 5 nitrogen and oxygen atoms in total. The van der Waals surface area contributed by atoms with Crippen LogP contribution in [0.5, 0.6) is 5.75 Å². The minimum Gasteiger partial charge on any atom is -0.497 e. The third-order valence-corrected chi connectivity index (χ3v) is 5.86. The zero-order valence-corrected chi connectivity index (χ0v) is 23.7. The lowest BCUT2D eigenvalue weighted by Gasteiger charge is -2.29. The summed E-state index contributed by atoms with van der Waals surface area (Å²) in [5.41, 5.74) is -0.632. The normalized spacial score (nSPS) is 13.9. The van der Waals surface area contributed by atoms with Crippen LogP contribution in [0.4, 0.5) is 32.0 Å². The van der Waals surface area contributed by atoms with Crippen LogP contribution in [0.1, 0.15) is 52.7 Å². The van der Waals surface area contributed by atoms with Crippen molar-refractivity contribution in [2.75, 3.05) is 19.5 Å². The molecule has 1 N–H and O–H groups in total. The summed E-state index contributed by atoms with van der Waals surface area (Å²) >= 11 is 0. The minimum absolute atomic E-state index is 0.00763. The van der Waals surface area contributed by atoms with Crippen molar-refractivity contribution in [1.82, 2.24) is 9.88 Å². The number of anilines is 1. The second-order valence-electron chi connectivity index (χ2n) is 10.0. The van der Waals surface area contributed by atoms with Gasteiger partial charge < -0.3 is 15.0 Å². The number of rotatable bonds is 8. The molecule has 11 heteroatoms. The molecule has 0 fully saturated rings. The number of amidine groups is 1. The molecule has 0 aliphatic carbocycles. The zero-order chi connectivity index (χ0) is 30.5. The third-order valence-electron chi connectivity index (χ3n) is 5.86. The van der Waals surface area contributed by atoms with Gasteiger partial charge in [-0.25, -0.2) is 4.99 Å². The first kappa shape index (κ1) is 32.5. The van der Waals surface area contributed by atoms with Gasteiger partial charge in [0.25, 0.3) is 0 Å². The number of nitrogens with one attached hydrogen (secondary N) is 1. The summed E-state index contributed by atoms with van der Waals surface area (Å²) in [6.45, 7) is 8.93. The van der Waals surface area contributed by atoms with Gasteiger partial charge in [0, 0.05) is 48.0 Å². The van der Waals surface area contributed by atoms with Crippen molar-refractivity contribution < 1.29 is 31.1 Å². The van der Waals surface area contributed by atoms with Gasteiger partial charge in [0.05, 0.1) is 18.1 Å². The van der Waals surface area contributed by atoms with Gasteiger partial charge in [-0.1, -0.05) is 23.8 Å². The number of benzene rings is 1. The molecule has 0 unspecified atom stereocenters. The molecule has 218 valence electrons. The van der Waals surface area contributed by atoms with E-state index in [-0.39, 0.29) is 28.8 Å². The Morgan fingerprint density at radius 2 is 1.68 bits per heavy atom. The van der Waals surface area contributed by atoms with Gasteiger partial charge in [-0.05, 0) is 59.7 Å². The fraction of sp³-hybridized carbons (Fsp3) is 0.379. The molecule has 0 saturated carbocycles. The lowest BCUT2D eigenvalue weighted by Crippen LogP contribution is -2.31. The number of aliphatic imine (C=N–C) groups is 1. The van der Waals surface area contributed by atoms with Gasteiger partial charge >= 0.3 is 12.4 Å². The molecule has 0 radical (unpaired) electrons. The predicted molar refractivity (Wildman–Crippen MR) is 147 cm³/mol. The van der Waals surface area contributed by atoms with Gasteiger partial charge in [0.1, 0.15) is 17.4 Å². The van der Waals surface area contributed by atoms with Crippen LogP contribution >= 0.6 is 0 Å². The molecule has 1 heterocycles. The molecule has 0 aliphatic rings. The second-order valence-corrected chi connectivity index (χ2v) is 10.0. The van der Waals surface area contributed by atoms with Crippen molar-refractivity contribution in [3.05, 3.63) is 83.1 Å². The SMILES string of the molecule is COc1cc(N/C(C)=N/C(=C(\C=C(C)C)c2cccnc2)N(C)/C(C)=C\C(C)(C)C(F)(F)F)cc(C(F)(F)F)c1. The van der Waals surface area contributed by atoms with E-state index in [1.807, 2.05) is 19.9 Å². The van der Waals surface area contributed by atoms with Crippen LogP contribution in [0.3, 0.4) is 0 Å². The first-order valence-corrected chi connectivity index (χ1v) is 12.2. The number of halogens is 6. The molecule has 0 saturated heterocycles. The summed E-state index contributed by atoms with van der Waals surface area (Å²) in [6, 6.07) is 6.68. The smallest absolute Gasteiger partial charge is 0.416 e. The lowest BCUT2D eigenvalue weighted by atomic mass is 9.91. The van der Waals surface area contributed by atoms with Gasteiger partial charge in [0.15, 0.2) is 0 Å². The summed E-state index contributed by atoms with van der Waals surface area (Å²) in [5, 5.41) is 2.86. The van der Waals surface area contributed by atoms with Crippen LogP contribution in [-0.2, 0) is 6.18 Å². The van der Waals surface area contributed by atoms with E-state index in [2.05, 4.69) is 15.3 Å². The van der Waals surface area contributed by atoms with E-state index < -0.39 is 23.3 Å². The Labute approximate surface area is 231 Å². The standard InChI is InChI=1S/C29H34F6N4O/c1-18(2)12-25(21-10-9-11-36-17-21)26(39(7)19(3)16-27(5,6)29(33,34)35)38-20(4)37-23-13-22(28(30,31)32)14-24(15-23)40-8/h9-17H,1-8H3,(H,37,38)/b19-16-,26-25-. The first-order chi connectivity index (χ1) is 18.4. The number of nitrogens with zero attached hydrogens (tertiary/aromatic N) is 3. The quantitative estimate of drug-likeness (QED) is 0.150. The Morgan fingerprint density at radius 1 is 1.02 bits per heavy atom. The number of allylic oxidation sites excluding steroid dienone is 5. The molecule has 0 bridgehead atoms. The van der Waals surface area contributed by atoms with Gasteiger partial charge in [-0.2, -0.15) is 26.3 Å². The van der Waals surface area contributed by atoms with Crippen LogP contribution in [0.25, 0.3) is 5.57 Å². The molecule has 2 rings (SSSR count). The lowest BCUT2D eigenvalue weighted by molar-refractivity contribution is -0.194. The van der Waals surface area contributed by atoms with Gasteiger partial charge in [-0.3, -0.25) is 4.98 Å². The number of hydrogen-bond donors (Lipinski definition) is 1. The fourth-order valence-electron chi connectivity index (χ4n) is 3.62. The zero-order valence-electron chi connectivity index (χ0n) is 23.7. The Balaban J connectivity index is 2.76. The summed E-state index contributed by atoms with van der Waals surface area (Å²) in [7, 11) is 2.83. The van der Waals surface area contributed by atoms with Gasteiger partial charge in [0.2, 0.25) is 0 Å². The Hall–Kier alpha value is -3.76. The molecule has 40 heavy (non-hydrogen) atoms. The molecule has 0 atom stereocenters. The maximum Gasteiger partial charge on any atom is 0.416 e. The molecular formula is C29H34F6N4O. The molecule has 0 amide bonds. The number of aromatic nitrogens is 1. The molecule has 0 aliphatic heterocycles. The largest absolute Gasteiger partial charge is 0.497 e. The monoisotopic (exact) mass is 568 g/mol. The van der Waals surface area contributed by atoms with Crippen LogP contribution in [0.2, 0.25) is 0 Å². The van der Waals surface area contributed by atoms with Gasteiger partial charge in [-0.15, -0.1) is 0 Å². The van der Waals surface area contributed by atoms with Crippen molar-refractivity contribution in [1.29, 1.82) is 0 Å². The van der Waals surface area contributed by atoms with Crippen molar-refractivity contribution in [2.45, 2.75) is 53.9 Å². The highest BCUT2D eigenvalue weighted by atomic mass is 19.4. The molecular weight excluding hydrogens is 534 g/mol. The van der Waals surface area contributed by atoms with E-state index >= 15 is 0 Å². The van der Waals surface area contributed by atoms with E-state index in [1.165, 1.54) is 25.0 Å². The Kier molecular flexibility index (Phi) is 10.2. The molecule has 1 aromatic carbocycles. The summed E-state index contributed by atoms with van der Waals surface area (Å²) in [5.74, 6) is 0.436. The summed E-state index contributed by atoms with van der Waals surface area (Å²) in [4.78, 5) is 10.3.